The number of pyridine rings is 1. The van der Waals surface area contributed by atoms with Crippen LogP contribution in [-0.2, 0) is 11.3 Å². The van der Waals surface area contributed by atoms with E-state index in [0.29, 0.717) is 0 Å². The van der Waals surface area contributed by atoms with Gasteiger partial charge in [0.1, 0.15) is 0 Å². The van der Waals surface area contributed by atoms with Crippen LogP contribution in [-0.4, -0.2) is 49.3 Å². The number of nitrogens with one attached hydrogen (secondary N) is 1. The van der Waals surface area contributed by atoms with Gasteiger partial charge in [0.25, 0.3) is 0 Å². The Labute approximate surface area is 129 Å². The van der Waals surface area contributed by atoms with Gasteiger partial charge in [0, 0.05) is 38.5 Å². The lowest BCUT2D eigenvalue weighted by molar-refractivity contribution is 0.143. The summed E-state index contributed by atoms with van der Waals surface area (Å²) in [5.41, 5.74) is 2.25. The highest BCUT2D eigenvalue weighted by Crippen LogP contribution is 2.02. The van der Waals surface area contributed by atoms with E-state index in [1.54, 1.807) is 0 Å². The maximum Gasteiger partial charge on any atom is 0.0547 e. The third-order valence-electron chi connectivity index (χ3n) is 3.48. The highest BCUT2D eigenvalue weighted by Gasteiger charge is 2.04. The van der Waals surface area contributed by atoms with E-state index in [1.807, 2.05) is 19.9 Å². The summed E-state index contributed by atoms with van der Waals surface area (Å²) >= 11 is 0. The van der Waals surface area contributed by atoms with Crippen LogP contribution in [0.4, 0.5) is 0 Å². The van der Waals surface area contributed by atoms with Crippen molar-refractivity contribution in [3.05, 3.63) is 29.6 Å². The summed E-state index contributed by atoms with van der Waals surface area (Å²) in [6.07, 6.45) is 2.33. The van der Waals surface area contributed by atoms with Crippen LogP contribution in [0, 0.1) is 6.92 Å². The number of aromatic nitrogens is 1. The summed E-state index contributed by atoms with van der Waals surface area (Å²) in [4.78, 5) is 7.00. The second kappa shape index (κ2) is 11.7. The average Bonchev–Trinajstić information content (AvgIpc) is 2.48. The molecule has 0 atom stereocenters. The summed E-state index contributed by atoms with van der Waals surface area (Å²) in [5.74, 6) is 0. The van der Waals surface area contributed by atoms with Crippen LogP contribution in [0.1, 0.15) is 38.1 Å². The van der Waals surface area contributed by atoms with Crippen molar-refractivity contribution < 1.29 is 4.74 Å². The Hall–Kier alpha value is -0.970. The van der Waals surface area contributed by atoms with Gasteiger partial charge < -0.3 is 10.1 Å². The first-order valence-electron chi connectivity index (χ1n) is 8.19. The van der Waals surface area contributed by atoms with Gasteiger partial charge in [0.15, 0.2) is 0 Å². The summed E-state index contributed by atoms with van der Waals surface area (Å²) in [7, 11) is 0. The predicted molar refractivity (Wildman–Crippen MR) is 88.5 cm³/mol. The molecule has 1 N–H and O–H groups in total. The van der Waals surface area contributed by atoms with Gasteiger partial charge >= 0.3 is 0 Å². The first-order valence-corrected chi connectivity index (χ1v) is 8.19. The van der Waals surface area contributed by atoms with Crippen molar-refractivity contribution in [3.63, 3.8) is 0 Å². The summed E-state index contributed by atoms with van der Waals surface area (Å²) in [6, 6.07) is 6.24. The molecule has 0 unspecified atom stereocenters. The number of aryl methyl sites for hydroxylation is 1. The molecule has 4 heteroatoms. The summed E-state index contributed by atoms with van der Waals surface area (Å²) in [6.45, 7) is 13.2. The van der Waals surface area contributed by atoms with E-state index in [0.717, 1.165) is 63.7 Å². The standard InChI is InChI=1S/C17H31N3O/c1-4-20(15-17-10-8-9-16(3)19-17)13-12-18-11-6-7-14-21-5-2/h8-10,18H,4-7,11-15H2,1-3H3. The molecule has 1 aromatic heterocycles. The molecule has 0 bridgehead atoms. The fourth-order valence-corrected chi connectivity index (χ4v) is 2.23. The van der Waals surface area contributed by atoms with E-state index < -0.39 is 0 Å². The second-order valence-electron chi connectivity index (χ2n) is 5.29. The van der Waals surface area contributed by atoms with Gasteiger partial charge in [-0.05, 0) is 51.9 Å². The van der Waals surface area contributed by atoms with Gasteiger partial charge in [-0.1, -0.05) is 13.0 Å². The van der Waals surface area contributed by atoms with Crippen LogP contribution >= 0.6 is 0 Å². The minimum absolute atomic E-state index is 0.825. The quantitative estimate of drug-likeness (QED) is 0.601. The van der Waals surface area contributed by atoms with E-state index in [2.05, 4.69) is 34.3 Å². The number of unbranched alkanes of at least 4 members (excludes halogenated alkanes) is 1. The second-order valence-corrected chi connectivity index (χ2v) is 5.29. The third kappa shape index (κ3) is 8.81. The lowest BCUT2D eigenvalue weighted by Crippen LogP contribution is -2.32. The SMILES string of the molecule is CCOCCCCNCCN(CC)Cc1cccc(C)n1. The predicted octanol–water partition coefficient (Wildman–Crippen LogP) is 2.62. The first-order chi connectivity index (χ1) is 10.3. The Bertz CT molecular complexity index is 371. The number of nitrogens with zero attached hydrogens (tertiary/aromatic N) is 2. The minimum Gasteiger partial charge on any atom is -0.382 e. The molecule has 0 radical (unpaired) electrons. The van der Waals surface area contributed by atoms with Crippen LogP contribution in [0.3, 0.4) is 0 Å². The van der Waals surface area contributed by atoms with E-state index in [4.69, 9.17) is 4.74 Å². The Morgan fingerprint density at radius 3 is 2.76 bits per heavy atom. The molecule has 0 aromatic carbocycles. The minimum atomic E-state index is 0.825. The Morgan fingerprint density at radius 2 is 2.05 bits per heavy atom. The van der Waals surface area contributed by atoms with E-state index in [9.17, 15) is 0 Å². The van der Waals surface area contributed by atoms with Crippen LogP contribution < -0.4 is 5.32 Å². The number of hydrogen-bond donors (Lipinski definition) is 1. The lowest BCUT2D eigenvalue weighted by Gasteiger charge is -2.20. The monoisotopic (exact) mass is 293 g/mol. The highest BCUT2D eigenvalue weighted by atomic mass is 16.5. The van der Waals surface area contributed by atoms with Crippen LogP contribution in [0.2, 0.25) is 0 Å². The molecule has 0 aliphatic carbocycles. The van der Waals surface area contributed by atoms with Crippen molar-refractivity contribution in [1.29, 1.82) is 0 Å². The van der Waals surface area contributed by atoms with Crippen molar-refractivity contribution >= 4 is 0 Å². The number of likely N-dealkylation sites (N-methyl/N-ethyl adjacent to an activating group) is 1. The molecule has 0 aliphatic heterocycles. The van der Waals surface area contributed by atoms with Crippen LogP contribution in [0.5, 0.6) is 0 Å². The van der Waals surface area contributed by atoms with E-state index in [-0.39, 0.29) is 0 Å². The summed E-state index contributed by atoms with van der Waals surface area (Å²) < 4.78 is 5.33. The third-order valence-corrected chi connectivity index (χ3v) is 3.48. The van der Waals surface area contributed by atoms with Crippen molar-refractivity contribution in [3.8, 4) is 0 Å². The van der Waals surface area contributed by atoms with Crippen molar-refractivity contribution in [2.24, 2.45) is 0 Å². The normalized spacial score (nSPS) is 11.2. The largest absolute Gasteiger partial charge is 0.382 e. The molecule has 1 heterocycles. The van der Waals surface area contributed by atoms with E-state index in [1.165, 1.54) is 6.42 Å². The van der Waals surface area contributed by atoms with Gasteiger partial charge in [-0.15, -0.1) is 0 Å². The van der Waals surface area contributed by atoms with Gasteiger partial charge in [0.2, 0.25) is 0 Å². The number of hydrogen-bond acceptors (Lipinski definition) is 4. The van der Waals surface area contributed by atoms with Crippen molar-refractivity contribution in [2.75, 3.05) is 39.4 Å². The Kier molecular flexibility index (Phi) is 10.0. The zero-order chi connectivity index (χ0) is 15.3. The lowest BCUT2D eigenvalue weighted by atomic mass is 10.3. The molecule has 21 heavy (non-hydrogen) atoms. The van der Waals surface area contributed by atoms with Gasteiger partial charge in [0.05, 0.1) is 5.69 Å². The molecule has 4 nitrogen and oxygen atoms in total. The maximum absolute atomic E-state index is 5.33. The molecule has 0 amide bonds. The van der Waals surface area contributed by atoms with Crippen LogP contribution in [0.15, 0.2) is 18.2 Å². The van der Waals surface area contributed by atoms with Crippen molar-refractivity contribution in [2.45, 2.75) is 40.2 Å². The van der Waals surface area contributed by atoms with E-state index >= 15 is 0 Å². The molecule has 0 saturated carbocycles. The number of ether oxygens (including phenoxy) is 1. The maximum atomic E-state index is 5.33. The van der Waals surface area contributed by atoms with Gasteiger partial charge in [-0.25, -0.2) is 0 Å². The summed E-state index contributed by atoms with van der Waals surface area (Å²) in [5, 5.41) is 3.51. The molecular weight excluding hydrogens is 262 g/mol. The molecule has 0 saturated heterocycles. The fourth-order valence-electron chi connectivity index (χ4n) is 2.23. The smallest absolute Gasteiger partial charge is 0.0547 e. The Balaban J connectivity index is 2.11. The molecule has 0 fully saturated rings. The van der Waals surface area contributed by atoms with Gasteiger partial charge in [-0.2, -0.15) is 0 Å². The molecular formula is C17H31N3O. The van der Waals surface area contributed by atoms with Crippen molar-refractivity contribution in [1.82, 2.24) is 15.2 Å². The zero-order valence-electron chi connectivity index (χ0n) is 13.9. The molecule has 0 aliphatic rings. The topological polar surface area (TPSA) is 37.4 Å². The molecule has 0 spiro atoms. The molecule has 120 valence electrons. The van der Waals surface area contributed by atoms with Crippen LogP contribution in [0.25, 0.3) is 0 Å². The Morgan fingerprint density at radius 1 is 1.19 bits per heavy atom. The van der Waals surface area contributed by atoms with Gasteiger partial charge in [-0.3, -0.25) is 9.88 Å². The fraction of sp³-hybridized carbons (Fsp3) is 0.706. The average molecular weight is 293 g/mol. The first kappa shape index (κ1) is 18.1. The number of rotatable bonds is 12. The zero-order valence-corrected chi connectivity index (χ0v) is 13.9. The highest BCUT2D eigenvalue weighted by molar-refractivity contribution is 5.09. The molecule has 1 aromatic rings. The molecule has 1 rings (SSSR count).